The maximum absolute atomic E-state index is 12.1. The predicted octanol–water partition coefficient (Wildman–Crippen LogP) is 2.65. The van der Waals surface area contributed by atoms with Crippen LogP contribution < -0.4 is 15.8 Å². The molecule has 1 aliphatic heterocycles. The van der Waals surface area contributed by atoms with Crippen molar-refractivity contribution >= 4 is 35.6 Å². The van der Waals surface area contributed by atoms with E-state index in [2.05, 4.69) is 19.9 Å². The van der Waals surface area contributed by atoms with Gasteiger partial charge in [0.05, 0.1) is 13.2 Å². The van der Waals surface area contributed by atoms with Crippen molar-refractivity contribution in [2.24, 2.45) is 10.7 Å². The largest absolute Gasteiger partial charge is 0.573 e. The Kier molecular flexibility index (Phi) is 9.28. The molecule has 0 bridgehead atoms. The number of alkyl halides is 3. The highest BCUT2D eigenvalue weighted by atomic mass is 127. The zero-order valence-electron chi connectivity index (χ0n) is 13.6. The van der Waals surface area contributed by atoms with Crippen LogP contribution in [0.5, 0.6) is 5.75 Å². The van der Waals surface area contributed by atoms with E-state index < -0.39 is 6.36 Å². The lowest BCUT2D eigenvalue weighted by atomic mass is 10.3. The number of ether oxygens (including phenoxy) is 2. The topological polar surface area (TPSA) is 72.1 Å². The van der Waals surface area contributed by atoms with Gasteiger partial charge >= 0.3 is 6.36 Å². The van der Waals surface area contributed by atoms with Crippen LogP contribution in [0.1, 0.15) is 6.42 Å². The zero-order chi connectivity index (χ0) is 17.4. The van der Waals surface area contributed by atoms with Crippen LogP contribution in [0.3, 0.4) is 0 Å². The zero-order valence-corrected chi connectivity index (χ0v) is 15.9. The second-order valence-corrected chi connectivity index (χ2v) is 5.27. The highest BCUT2D eigenvalue weighted by molar-refractivity contribution is 14.0. The summed E-state index contributed by atoms with van der Waals surface area (Å²) in [5.41, 5.74) is 6.30. The Morgan fingerprint density at radius 1 is 1.24 bits per heavy atom. The number of nitrogens with one attached hydrogen (secondary N) is 1. The monoisotopic (exact) mass is 474 g/mol. The van der Waals surface area contributed by atoms with Crippen molar-refractivity contribution in [1.29, 1.82) is 0 Å². The molecule has 6 nitrogen and oxygen atoms in total. The van der Waals surface area contributed by atoms with Gasteiger partial charge in [-0.1, -0.05) is 0 Å². The van der Waals surface area contributed by atoms with Crippen LogP contribution in [0.15, 0.2) is 29.3 Å². The van der Waals surface area contributed by atoms with E-state index in [0.29, 0.717) is 12.2 Å². The van der Waals surface area contributed by atoms with E-state index in [1.165, 1.54) is 24.3 Å². The fourth-order valence-corrected chi connectivity index (χ4v) is 2.25. The van der Waals surface area contributed by atoms with Gasteiger partial charge in [-0.05, 0) is 30.7 Å². The van der Waals surface area contributed by atoms with Gasteiger partial charge < -0.3 is 20.5 Å². The number of hydrogen-bond acceptors (Lipinski definition) is 4. The standard InChI is InChI=1S/C15H21F3N4O2.HI/c16-15(17,18)24-13-4-2-12(3-5-13)21-14(19)20-6-1-7-22-8-10-23-11-9-22;/h2-5H,1,6-11H2,(H3,19,20,21);1H. The summed E-state index contributed by atoms with van der Waals surface area (Å²) in [7, 11) is 0. The number of benzene rings is 1. The first kappa shape index (κ1) is 21.8. The Morgan fingerprint density at radius 3 is 2.48 bits per heavy atom. The molecular formula is C15H22F3IN4O2. The van der Waals surface area contributed by atoms with Crippen LogP contribution >= 0.6 is 24.0 Å². The SMILES string of the molecule is I.NC(=NCCCN1CCOCC1)Nc1ccc(OC(F)(F)F)cc1. The molecule has 3 N–H and O–H groups in total. The van der Waals surface area contributed by atoms with Gasteiger partial charge in [-0.3, -0.25) is 9.89 Å². The molecule has 1 aromatic rings. The van der Waals surface area contributed by atoms with Crippen molar-refractivity contribution in [3.8, 4) is 5.75 Å². The van der Waals surface area contributed by atoms with Gasteiger partial charge in [-0.2, -0.15) is 0 Å². The van der Waals surface area contributed by atoms with Crippen molar-refractivity contribution < 1.29 is 22.6 Å². The number of nitrogens with zero attached hydrogens (tertiary/aromatic N) is 2. The molecule has 0 radical (unpaired) electrons. The molecule has 1 saturated heterocycles. The minimum atomic E-state index is -4.70. The second kappa shape index (κ2) is 10.7. The van der Waals surface area contributed by atoms with Crippen LogP contribution in [0.2, 0.25) is 0 Å². The summed E-state index contributed by atoms with van der Waals surface area (Å²) in [6.45, 7) is 4.91. The number of guanidine groups is 1. The smallest absolute Gasteiger partial charge is 0.406 e. The molecule has 10 heteroatoms. The molecule has 1 aromatic carbocycles. The van der Waals surface area contributed by atoms with Crippen LogP contribution in [0.25, 0.3) is 0 Å². The molecule has 142 valence electrons. The normalized spacial score (nSPS) is 16.2. The second-order valence-electron chi connectivity index (χ2n) is 5.27. The summed E-state index contributed by atoms with van der Waals surface area (Å²) in [5.74, 6) is -0.0597. The quantitative estimate of drug-likeness (QED) is 0.287. The number of anilines is 1. The Balaban J connectivity index is 0.00000312. The third-order valence-electron chi connectivity index (χ3n) is 3.38. The molecule has 1 heterocycles. The van der Waals surface area contributed by atoms with Crippen molar-refractivity contribution in [3.63, 3.8) is 0 Å². The Morgan fingerprint density at radius 2 is 1.88 bits per heavy atom. The lowest BCUT2D eigenvalue weighted by Gasteiger charge is -2.26. The molecule has 0 amide bonds. The van der Waals surface area contributed by atoms with Crippen molar-refractivity contribution in [1.82, 2.24) is 4.90 Å². The average Bonchev–Trinajstić information content (AvgIpc) is 2.53. The molecule has 1 aliphatic rings. The predicted molar refractivity (Wildman–Crippen MR) is 101 cm³/mol. The third-order valence-corrected chi connectivity index (χ3v) is 3.38. The fraction of sp³-hybridized carbons (Fsp3) is 0.533. The van der Waals surface area contributed by atoms with E-state index in [-0.39, 0.29) is 35.7 Å². The summed E-state index contributed by atoms with van der Waals surface area (Å²) in [6.07, 6.45) is -3.82. The van der Waals surface area contributed by atoms with E-state index >= 15 is 0 Å². The number of aliphatic imine (C=N–C) groups is 1. The molecule has 0 aromatic heterocycles. The third kappa shape index (κ3) is 9.12. The van der Waals surface area contributed by atoms with Gasteiger partial charge in [0, 0.05) is 31.9 Å². The number of rotatable bonds is 6. The number of hydrogen-bond donors (Lipinski definition) is 2. The van der Waals surface area contributed by atoms with Crippen molar-refractivity contribution in [3.05, 3.63) is 24.3 Å². The number of nitrogens with two attached hydrogens (primary N) is 1. The van der Waals surface area contributed by atoms with Crippen LogP contribution in [0, 0.1) is 0 Å². The minimum Gasteiger partial charge on any atom is -0.406 e. The van der Waals surface area contributed by atoms with Gasteiger partial charge in [0.1, 0.15) is 5.75 Å². The van der Waals surface area contributed by atoms with E-state index in [1.54, 1.807) is 0 Å². The molecule has 0 atom stereocenters. The first-order chi connectivity index (χ1) is 11.4. The van der Waals surface area contributed by atoms with Gasteiger partial charge in [-0.25, -0.2) is 0 Å². The summed E-state index contributed by atoms with van der Waals surface area (Å²) in [5, 5.41) is 2.83. The molecule has 0 saturated carbocycles. The summed E-state index contributed by atoms with van der Waals surface area (Å²) in [6, 6.07) is 5.30. The van der Waals surface area contributed by atoms with Gasteiger partial charge in [0.25, 0.3) is 0 Å². The number of morpholine rings is 1. The van der Waals surface area contributed by atoms with Crippen LogP contribution in [0.4, 0.5) is 18.9 Å². The van der Waals surface area contributed by atoms with Crippen molar-refractivity contribution in [2.45, 2.75) is 12.8 Å². The highest BCUT2D eigenvalue weighted by Gasteiger charge is 2.30. The van der Waals surface area contributed by atoms with E-state index in [1.807, 2.05) is 0 Å². The first-order valence-corrected chi connectivity index (χ1v) is 7.65. The lowest BCUT2D eigenvalue weighted by Crippen LogP contribution is -2.37. The minimum absolute atomic E-state index is 0. The molecular weight excluding hydrogens is 452 g/mol. The fourth-order valence-electron chi connectivity index (χ4n) is 2.25. The van der Waals surface area contributed by atoms with Gasteiger partial charge in [-0.15, -0.1) is 37.1 Å². The molecule has 0 spiro atoms. The number of halogens is 4. The maximum Gasteiger partial charge on any atom is 0.573 e. The van der Waals surface area contributed by atoms with Gasteiger partial charge in [0.2, 0.25) is 0 Å². The highest BCUT2D eigenvalue weighted by Crippen LogP contribution is 2.23. The summed E-state index contributed by atoms with van der Waals surface area (Å²) < 4.78 is 45.3. The summed E-state index contributed by atoms with van der Waals surface area (Å²) >= 11 is 0. The molecule has 0 aliphatic carbocycles. The lowest BCUT2D eigenvalue weighted by molar-refractivity contribution is -0.274. The Bertz CT molecular complexity index is 535. The molecule has 1 fully saturated rings. The van der Waals surface area contributed by atoms with E-state index in [9.17, 15) is 13.2 Å². The van der Waals surface area contributed by atoms with Crippen LogP contribution in [-0.4, -0.2) is 56.6 Å². The van der Waals surface area contributed by atoms with Crippen molar-refractivity contribution in [2.75, 3.05) is 44.7 Å². The first-order valence-electron chi connectivity index (χ1n) is 7.65. The van der Waals surface area contributed by atoms with E-state index in [0.717, 1.165) is 39.3 Å². The average molecular weight is 474 g/mol. The molecule has 0 unspecified atom stereocenters. The van der Waals surface area contributed by atoms with Crippen LogP contribution in [-0.2, 0) is 4.74 Å². The summed E-state index contributed by atoms with van der Waals surface area (Å²) in [4.78, 5) is 6.51. The Labute approximate surface area is 161 Å². The Hall–Kier alpha value is -1.27. The maximum atomic E-state index is 12.1. The molecule has 25 heavy (non-hydrogen) atoms. The van der Waals surface area contributed by atoms with Gasteiger partial charge in [0.15, 0.2) is 5.96 Å². The molecule has 2 rings (SSSR count). The van der Waals surface area contributed by atoms with E-state index in [4.69, 9.17) is 10.5 Å².